The molecule has 2 N–H and O–H groups in total. The predicted octanol–water partition coefficient (Wildman–Crippen LogP) is 2.99. The van der Waals surface area contributed by atoms with Crippen LogP contribution in [0.4, 0.5) is 5.69 Å². The molecule has 0 aliphatic carbocycles. The van der Waals surface area contributed by atoms with Gasteiger partial charge in [-0.15, -0.1) is 0 Å². The van der Waals surface area contributed by atoms with E-state index in [1.165, 1.54) is 10.9 Å². The number of aromatic carboxylic acids is 1. The molecule has 8 nitrogen and oxygen atoms in total. The van der Waals surface area contributed by atoms with E-state index >= 15 is 0 Å². The van der Waals surface area contributed by atoms with Gasteiger partial charge in [-0.3, -0.25) is 14.2 Å². The molecule has 1 amide bonds. The van der Waals surface area contributed by atoms with Gasteiger partial charge in [-0.25, -0.2) is 4.79 Å². The summed E-state index contributed by atoms with van der Waals surface area (Å²) in [7, 11) is 1.57. The van der Waals surface area contributed by atoms with Crippen LogP contribution in [0.2, 0.25) is 0 Å². The maximum atomic E-state index is 12.5. The number of carbonyl (C=O) groups is 2. The van der Waals surface area contributed by atoms with E-state index in [4.69, 9.17) is 0 Å². The predicted molar refractivity (Wildman–Crippen MR) is 103 cm³/mol. The van der Waals surface area contributed by atoms with Crippen molar-refractivity contribution < 1.29 is 14.7 Å². The number of carboxylic acid groups (broad SMARTS) is 1. The van der Waals surface area contributed by atoms with Crippen molar-refractivity contribution in [2.45, 2.75) is 20.4 Å². The van der Waals surface area contributed by atoms with Crippen LogP contribution >= 0.6 is 15.9 Å². The highest BCUT2D eigenvalue weighted by atomic mass is 79.9. The lowest BCUT2D eigenvalue weighted by molar-refractivity contribution is 0.0692. The van der Waals surface area contributed by atoms with E-state index in [-0.39, 0.29) is 11.3 Å². The second kappa shape index (κ2) is 7.36. The number of hydrogen-bond donors (Lipinski definition) is 2. The van der Waals surface area contributed by atoms with Crippen LogP contribution in [0.15, 0.2) is 34.9 Å². The van der Waals surface area contributed by atoms with Crippen molar-refractivity contribution in [1.82, 2.24) is 19.6 Å². The van der Waals surface area contributed by atoms with Crippen molar-refractivity contribution in [2.75, 3.05) is 5.32 Å². The first-order valence-electron chi connectivity index (χ1n) is 8.13. The van der Waals surface area contributed by atoms with Crippen molar-refractivity contribution in [1.29, 1.82) is 0 Å². The van der Waals surface area contributed by atoms with E-state index in [0.29, 0.717) is 12.2 Å². The summed E-state index contributed by atoms with van der Waals surface area (Å²) < 4.78 is 4.15. The van der Waals surface area contributed by atoms with Gasteiger partial charge in [0, 0.05) is 18.9 Å². The maximum Gasteiger partial charge on any atom is 0.339 e. The molecular weight excluding hydrogens is 414 g/mol. The molecule has 0 spiro atoms. The number of aromatic nitrogens is 4. The SMILES string of the molecule is Cc1nn(Cc2cccc(NC(=O)c3nn(C)cc3C(=O)O)c2)c(C)c1Br. The first-order valence-corrected chi connectivity index (χ1v) is 8.92. The summed E-state index contributed by atoms with van der Waals surface area (Å²) >= 11 is 3.51. The summed E-state index contributed by atoms with van der Waals surface area (Å²) in [6, 6.07) is 7.32. The maximum absolute atomic E-state index is 12.5. The number of nitrogens with zero attached hydrogens (tertiary/aromatic N) is 4. The Bertz CT molecular complexity index is 1040. The molecule has 2 heterocycles. The lowest BCUT2D eigenvalue weighted by Gasteiger charge is -2.08. The molecule has 0 radical (unpaired) electrons. The van der Waals surface area contributed by atoms with E-state index in [1.807, 2.05) is 36.7 Å². The average Bonchev–Trinajstić information content (AvgIpc) is 3.12. The van der Waals surface area contributed by atoms with Crippen molar-refractivity contribution in [3.05, 3.63) is 63.1 Å². The zero-order valence-corrected chi connectivity index (χ0v) is 16.6. The largest absolute Gasteiger partial charge is 0.478 e. The number of nitrogens with one attached hydrogen (secondary N) is 1. The molecule has 3 aromatic rings. The summed E-state index contributed by atoms with van der Waals surface area (Å²) in [5, 5.41) is 20.3. The van der Waals surface area contributed by atoms with Crippen molar-refractivity contribution in [2.24, 2.45) is 7.05 Å². The summed E-state index contributed by atoms with van der Waals surface area (Å²) in [4.78, 5) is 23.7. The number of hydrogen-bond acceptors (Lipinski definition) is 4. The number of carbonyl (C=O) groups excluding carboxylic acids is 1. The second-order valence-corrected chi connectivity index (χ2v) is 6.96. The Morgan fingerprint density at radius 2 is 2.00 bits per heavy atom. The molecule has 27 heavy (non-hydrogen) atoms. The van der Waals surface area contributed by atoms with Crippen molar-refractivity contribution in [3.63, 3.8) is 0 Å². The molecule has 0 atom stereocenters. The first kappa shape index (κ1) is 18.8. The molecule has 0 aliphatic rings. The highest BCUT2D eigenvalue weighted by Gasteiger charge is 2.21. The molecule has 0 fully saturated rings. The zero-order valence-electron chi connectivity index (χ0n) is 15.0. The Morgan fingerprint density at radius 3 is 2.63 bits per heavy atom. The minimum absolute atomic E-state index is 0.127. The molecule has 2 aromatic heterocycles. The molecule has 140 valence electrons. The van der Waals surface area contributed by atoms with Crippen LogP contribution in [0, 0.1) is 13.8 Å². The van der Waals surface area contributed by atoms with Crippen molar-refractivity contribution >= 4 is 33.5 Å². The van der Waals surface area contributed by atoms with E-state index in [1.54, 1.807) is 13.1 Å². The van der Waals surface area contributed by atoms with Gasteiger partial charge in [0.1, 0.15) is 5.56 Å². The molecule has 0 saturated carbocycles. The fourth-order valence-electron chi connectivity index (χ4n) is 2.75. The quantitative estimate of drug-likeness (QED) is 0.646. The highest BCUT2D eigenvalue weighted by Crippen LogP contribution is 2.21. The topological polar surface area (TPSA) is 102 Å². The van der Waals surface area contributed by atoms with E-state index in [2.05, 4.69) is 31.4 Å². The Morgan fingerprint density at radius 1 is 1.26 bits per heavy atom. The lowest BCUT2D eigenvalue weighted by Crippen LogP contribution is -2.16. The average molecular weight is 432 g/mol. The molecule has 0 saturated heterocycles. The fraction of sp³-hybridized carbons (Fsp3) is 0.222. The molecule has 9 heteroatoms. The highest BCUT2D eigenvalue weighted by molar-refractivity contribution is 9.10. The van der Waals surface area contributed by atoms with Gasteiger partial charge in [-0.2, -0.15) is 10.2 Å². The van der Waals surface area contributed by atoms with Crippen molar-refractivity contribution in [3.8, 4) is 0 Å². The van der Waals surface area contributed by atoms with Crippen LogP contribution in [-0.4, -0.2) is 36.5 Å². The number of carboxylic acids is 1. The van der Waals surface area contributed by atoms with E-state index in [0.717, 1.165) is 21.4 Å². The first-order chi connectivity index (χ1) is 12.8. The van der Waals surface area contributed by atoms with E-state index in [9.17, 15) is 14.7 Å². The minimum Gasteiger partial charge on any atom is -0.478 e. The summed E-state index contributed by atoms with van der Waals surface area (Å²) in [6.07, 6.45) is 1.30. The lowest BCUT2D eigenvalue weighted by atomic mass is 10.2. The van der Waals surface area contributed by atoms with Crippen LogP contribution in [0.25, 0.3) is 0 Å². The Hall–Kier alpha value is -2.94. The number of aryl methyl sites for hydroxylation is 2. The molecule has 0 bridgehead atoms. The molecular formula is C18H18BrN5O3. The molecule has 1 aromatic carbocycles. The third kappa shape index (κ3) is 3.92. The van der Waals surface area contributed by atoms with Crippen LogP contribution < -0.4 is 5.32 Å². The number of halogens is 1. The van der Waals surface area contributed by atoms with Gasteiger partial charge in [0.25, 0.3) is 5.91 Å². The summed E-state index contributed by atoms with van der Waals surface area (Å²) in [6.45, 7) is 4.45. The number of rotatable bonds is 5. The number of anilines is 1. The molecule has 0 aliphatic heterocycles. The minimum atomic E-state index is -1.20. The Kier molecular flexibility index (Phi) is 5.13. The monoisotopic (exact) mass is 431 g/mol. The summed E-state index contributed by atoms with van der Waals surface area (Å²) in [5.41, 5.74) is 3.16. The number of amides is 1. The third-order valence-corrected chi connectivity index (χ3v) is 5.23. The fourth-order valence-corrected chi connectivity index (χ4v) is 3.04. The Balaban J connectivity index is 1.81. The Labute approximate surface area is 163 Å². The van der Waals surface area contributed by atoms with Gasteiger partial charge >= 0.3 is 5.97 Å². The van der Waals surface area contributed by atoms with Gasteiger partial charge in [-0.05, 0) is 47.5 Å². The smallest absolute Gasteiger partial charge is 0.339 e. The van der Waals surface area contributed by atoms with Crippen LogP contribution in [0.5, 0.6) is 0 Å². The number of benzene rings is 1. The normalized spacial score (nSPS) is 10.8. The van der Waals surface area contributed by atoms with Crippen LogP contribution in [0.3, 0.4) is 0 Å². The van der Waals surface area contributed by atoms with Gasteiger partial charge in [0.2, 0.25) is 0 Å². The van der Waals surface area contributed by atoms with E-state index < -0.39 is 11.9 Å². The van der Waals surface area contributed by atoms with Gasteiger partial charge in [0.05, 0.1) is 22.4 Å². The second-order valence-electron chi connectivity index (χ2n) is 6.17. The van der Waals surface area contributed by atoms with Gasteiger partial charge < -0.3 is 10.4 Å². The molecule has 0 unspecified atom stereocenters. The van der Waals surface area contributed by atoms with Crippen LogP contribution in [0.1, 0.15) is 37.8 Å². The standard InChI is InChI=1S/C18H18BrN5O3/c1-10-15(19)11(2)24(21-10)8-12-5-4-6-13(7-12)20-17(25)16-14(18(26)27)9-23(3)22-16/h4-7,9H,8H2,1-3H3,(H,20,25)(H,26,27). The zero-order chi connectivity index (χ0) is 19.7. The van der Waals surface area contributed by atoms with Gasteiger partial charge in [-0.1, -0.05) is 12.1 Å². The summed E-state index contributed by atoms with van der Waals surface area (Å²) in [5.74, 6) is -1.77. The van der Waals surface area contributed by atoms with Crippen LogP contribution in [-0.2, 0) is 13.6 Å². The molecule has 3 rings (SSSR count). The van der Waals surface area contributed by atoms with Gasteiger partial charge in [0.15, 0.2) is 5.69 Å². The third-order valence-electron chi connectivity index (χ3n) is 4.08.